The lowest BCUT2D eigenvalue weighted by atomic mass is 10.1. The Kier molecular flexibility index (Phi) is 11.8. The van der Waals surface area contributed by atoms with Crippen molar-refractivity contribution in [2.45, 2.75) is 73.5 Å². The van der Waals surface area contributed by atoms with Crippen molar-refractivity contribution < 1.29 is 28.7 Å². The molecular formula is C37H46N12O6. The van der Waals surface area contributed by atoms with E-state index in [0.717, 1.165) is 0 Å². The van der Waals surface area contributed by atoms with Crippen LogP contribution in [0.1, 0.15) is 74.4 Å². The lowest BCUT2D eigenvalue weighted by molar-refractivity contribution is -0.0495. The van der Waals surface area contributed by atoms with Crippen molar-refractivity contribution in [3.05, 3.63) is 82.4 Å². The van der Waals surface area contributed by atoms with Crippen molar-refractivity contribution in [1.82, 2.24) is 38.7 Å². The van der Waals surface area contributed by atoms with E-state index >= 15 is 0 Å². The molecule has 6 aromatic rings. The molecule has 0 aliphatic carbocycles. The highest BCUT2D eigenvalue weighted by atomic mass is 16.5. The van der Waals surface area contributed by atoms with Crippen LogP contribution in [0.25, 0.3) is 22.1 Å². The third-order valence-electron chi connectivity index (χ3n) is 9.13. The molecule has 0 fully saturated rings. The van der Waals surface area contributed by atoms with E-state index in [1.807, 2.05) is 13.8 Å². The Morgan fingerprint density at radius 2 is 1.05 bits per heavy atom. The molecule has 18 nitrogen and oxygen atoms in total. The SMILES string of the molecule is C.CCn1nc(C)cc1C(=O)Nc1nc2cc(C(N)=O)ccc2n1C[C@@H](OC)[C@@H](Cn1c(NC(=O)c2cc(C)nn2CC)nc2cc(C(N)=O)ccc21)OC. The number of imidazole rings is 2. The maximum absolute atomic E-state index is 13.6. The third kappa shape index (κ3) is 7.95. The quantitative estimate of drug-likeness (QED) is 0.119. The monoisotopic (exact) mass is 754 g/mol. The zero-order valence-electron chi connectivity index (χ0n) is 30.8. The van der Waals surface area contributed by atoms with E-state index in [9.17, 15) is 19.2 Å². The van der Waals surface area contributed by atoms with Gasteiger partial charge >= 0.3 is 0 Å². The molecule has 0 saturated carbocycles. The van der Waals surface area contributed by atoms with Crippen LogP contribution in [0.2, 0.25) is 0 Å². The van der Waals surface area contributed by atoms with Gasteiger partial charge in [0, 0.05) is 38.4 Å². The summed E-state index contributed by atoms with van der Waals surface area (Å²) in [6.07, 6.45) is -1.37. The number of hydrogen-bond donors (Lipinski definition) is 4. The summed E-state index contributed by atoms with van der Waals surface area (Å²) in [5.41, 5.74) is 15.7. The predicted molar refractivity (Wildman–Crippen MR) is 206 cm³/mol. The number of amides is 4. The van der Waals surface area contributed by atoms with E-state index < -0.39 is 35.8 Å². The zero-order valence-corrected chi connectivity index (χ0v) is 30.8. The van der Waals surface area contributed by atoms with Crippen molar-refractivity contribution >= 4 is 57.6 Å². The molecule has 290 valence electrons. The second kappa shape index (κ2) is 16.3. The van der Waals surface area contributed by atoms with E-state index in [-0.39, 0.29) is 43.5 Å². The van der Waals surface area contributed by atoms with E-state index in [2.05, 4.69) is 30.8 Å². The number of primary amides is 2. The van der Waals surface area contributed by atoms with Gasteiger partial charge < -0.3 is 30.1 Å². The Labute approximate surface area is 316 Å². The smallest absolute Gasteiger partial charge is 0.276 e. The Morgan fingerprint density at radius 3 is 1.38 bits per heavy atom. The summed E-state index contributed by atoms with van der Waals surface area (Å²) in [4.78, 5) is 60.6. The first-order valence-electron chi connectivity index (χ1n) is 17.2. The summed E-state index contributed by atoms with van der Waals surface area (Å²) in [5.74, 6) is -1.72. The highest BCUT2D eigenvalue weighted by molar-refractivity contribution is 6.04. The van der Waals surface area contributed by atoms with Gasteiger partial charge in [-0.15, -0.1) is 0 Å². The fraction of sp³-hybridized carbons (Fsp3) is 0.351. The van der Waals surface area contributed by atoms with E-state index in [1.54, 1.807) is 80.9 Å². The summed E-state index contributed by atoms with van der Waals surface area (Å²) < 4.78 is 18.8. The molecule has 4 aromatic heterocycles. The van der Waals surface area contributed by atoms with Crippen molar-refractivity contribution in [2.24, 2.45) is 11.5 Å². The third-order valence-corrected chi connectivity index (χ3v) is 9.13. The second-order valence-electron chi connectivity index (χ2n) is 12.7. The molecule has 2 atom stereocenters. The summed E-state index contributed by atoms with van der Waals surface area (Å²) in [6, 6.07) is 13.0. The van der Waals surface area contributed by atoms with Gasteiger partial charge in [-0.2, -0.15) is 10.2 Å². The number of rotatable bonds is 15. The van der Waals surface area contributed by atoms with Gasteiger partial charge in [0.25, 0.3) is 11.8 Å². The number of nitrogens with two attached hydrogens (primary N) is 2. The summed E-state index contributed by atoms with van der Waals surface area (Å²) in [6.45, 7) is 8.58. The first kappa shape index (κ1) is 39.8. The lowest BCUT2D eigenvalue weighted by Gasteiger charge is -2.27. The zero-order chi connectivity index (χ0) is 38.8. The van der Waals surface area contributed by atoms with Crippen LogP contribution in [0.4, 0.5) is 11.9 Å². The molecule has 0 radical (unpaired) electrons. The average Bonchev–Trinajstić information content (AvgIpc) is 3.91. The molecule has 4 heterocycles. The van der Waals surface area contributed by atoms with Gasteiger partial charge in [0.2, 0.25) is 23.7 Å². The predicted octanol–water partition coefficient (Wildman–Crippen LogP) is 3.50. The largest absolute Gasteiger partial charge is 0.377 e. The lowest BCUT2D eigenvalue weighted by Crippen LogP contribution is -2.38. The summed E-state index contributed by atoms with van der Waals surface area (Å²) >= 11 is 0. The fourth-order valence-corrected chi connectivity index (χ4v) is 6.44. The number of aryl methyl sites for hydroxylation is 4. The number of aromatic nitrogens is 8. The highest BCUT2D eigenvalue weighted by Crippen LogP contribution is 2.27. The molecule has 0 spiro atoms. The Balaban J connectivity index is 0.00000580. The molecule has 55 heavy (non-hydrogen) atoms. The molecule has 0 aliphatic heterocycles. The molecule has 18 heteroatoms. The number of carbonyl (C=O) groups is 4. The molecule has 0 saturated heterocycles. The molecule has 0 aliphatic rings. The maximum atomic E-state index is 13.6. The van der Waals surface area contributed by atoms with Crippen LogP contribution in [0.15, 0.2) is 48.5 Å². The minimum absolute atomic E-state index is 0. The Hall–Kier alpha value is -6.40. The summed E-state index contributed by atoms with van der Waals surface area (Å²) in [5, 5.41) is 14.6. The first-order valence-corrected chi connectivity index (χ1v) is 17.2. The minimum Gasteiger partial charge on any atom is -0.377 e. The first-order chi connectivity index (χ1) is 25.8. The van der Waals surface area contributed by atoms with Crippen molar-refractivity contribution in [3.8, 4) is 0 Å². The molecule has 0 unspecified atom stereocenters. The van der Waals surface area contributed by atoms with E-state index in [0.29, 0.717) is 57.9 Å². The van der Waals surface area contributed by atoms with Gasteiger partial charge in [0.15, 0.2) is 0 Å². The van der Waals surface area contributed by atoms with Gasteiger partial charge in [-0.25, -0.2) is 9.97 Å². The molecule has 6 rings (SSSR count). The van der Waals surface area contributed by atoms with E-state index in [4.69, 9.17) is 20.9 Å². The van der Waals surface area contributed by atoms with Crippen LogP contribution in [0.5, 0.6) is 0 Å². The number of carbonyl (C=O) groups excluding carboxylic acids is 4. The number of ether oxygens (including phenoxy) is 2. The van der Waals surface area contributed by atoms with Gasteiger partial charge in [-0.1, -0.05) is 7.43 Å². The molecular weight excluding hydrogens is 708 g/mol. The number of benzene rings is 2. The minimum atomic E-state index is -0.683. The Morgan fingerprint density at radius 1 is 0.673 bits per heavy atom. The highest BCUT2D eigenvalue weighted by Gasteiger charge is 2.29. The topological polar surface area (TPSA) is 234 Å². The molecule has 4 amide bonds. The van der Waals surface area contributed by atoms with Gasteiger partial charge in [0.1, 0.15) is 23.6 Å². The summed E-state index contributed by atoms with van der Waals surface area (Å²) in [7, 11) is 3.06. The van der Waals surface area contributed by atoms with Crippen molar-refractivity contribution in [3.63, 3.8) is 0 Å². The fourth-order valence-electron chi connectivity index (χ4n) is 6.44. The number of nitrogens with zero attached hydrogens (tertiary/aromatic N) is 8. The van der Waals surface area contributed by atoms with Crippen LogP contribution in [0.3, 0.4) is 0 Å². The Bertz CT molecular complexity index is 2240. The standard InChI is InChI=1S/C36H42N12O6.CH4/c1-7-47-27(13-19(3)43-47)33(51)41-35-39-23-15-21(31(37)49)9-11-25(23)45(35)17-29(53-5)30(54-6)18-46-26-12-10-22(32(38)50)16-24(26)40-36(46)42-34(52)28-14-20(4)44-48(28)8-2;/h9-16,29-30H,7-8,17-18H2,1-6H3,(H2,37,49)(H2,38,50)(H,39,41,51)(H,40,42,52);1H4/t29-,30-;/m1./s1. The number of hydrogen-bond acceptors (Lipinski definition) is 10. The number of methoxy groups -OCH3 is 2. The van der Waals surface area contributed by atoms with Crippen molar-refractivity contribution in [2.75, 3.05) is 24.9 Å². The molecule has 0 bridgehead atoms. The number of nitrogens with one attached hydrogen (secondary N) is 2. The van der Waals surface area contributed by atoms with Crippen LogP contribution < -0.4 is 22.1 Å². The molecule has 6 N–H and O–H groups in total. The van der Waals surface area contributed by atoms with Crippen molar-refractivity contribution in [1.29, 1.82) is 0 Å². The van der Waals surface area contributed by atoms with E-state index in [1.165, 1.54) is 14.2 Å². The number of anilines is 2. The van der Waals surface area contributed by atoms with Gasteiger partial charge in [-0.3, -0.25) is 39.2 Å². The van der Waals surface area contributed by atoms with Crippen LogP contribution in [-0.2, 0) is 35.7 Å². The average molecular weight is 755 g/mol. The van der Waals surface area contributed by atoms with Gasteiger partial charge in [0.05, 0.1) is 46.5 Å². The normalized spacial score (nSPS) is 12.4. The number of fused-ring (bicyclic) bond motifs is 2. The van der Waals surface area contributed by atoms with Crippen LogP contribution in [0, 0.1) is 13.8 Å². The second-order valence-corrected chi connectivity index (χ2v) is 12.7. The van der Waals surface area contributed by atoms with Crippen LogP contribution >= 0.6 is 0 Å². The van der Waals surface area contributed by atoms with Gasteiger partial charge in [-0.05, 0) is 76.2 Å². The molecule has 2 aromatic carbocycles. The van der Waals surface area contributed by atoms with Crippen LogP contribution in [-0.4, -0.2) is 88.7 Å². The maximum Gasteiger partial charge on any atom is 0.276 e.